The predicted octanol–water partition coefficient (Wildman–Crippen LogP) is 0.505. The second-order valence-corrected chi connectivity index (χ2v) is 3.51. The van der Waals surface area contributed by atoms with E-state index in [1.165, 1.54) is 11.3 Å². The third kappa shape index (κ3) is 3.06. The highest BCUT2D eigenvalue weighted by Crippen LogP contribution is 2.15. The largest absolute Gasteiger partial charge is 0.480 e. The zero-order chi connectivity index (χ0) is 10.4. The number of aliphatic carboxylic acids is 1. The summed E-state index contributed by atoms with van der Waals surface area (Å²) < 4.78 is 4.82. The number of carboxylic acid groups (broad SMARTS) is 1. The SMILES string of the molecule is COCCNC(C(=O)O)c1nccs1. The topological polar surface area (TPSA) is 71.5 Å². The number of aromatic nitrogens is 1. The van der Waals surface area contributed by atoms with Gasteiger partial charge in [-0.15, -0.1) is 11.3 Å². The molecule has 0 aliphatic rings. The molecule has 0 saturated heterocycles. The fraction of sp³-hybridized carbons (Fsp3) is 0.500. The minimum atomic E-state index is -0.920. The quantitative estimate of drug-likeness (QED) is 0.678. The number of ether oxygens (including phenoxy) is 1. The van der Waals surface area contributed by atoms with E-state index in [9.17, 15) is 4.79 Å². The van der Waals surface area contributed by atoms with Crippen LogP contribution in [0.1, 0.15) is 11.0 Å². The summed E-state index contributed by atoms with van der Waals surface area (Å²) in [6.45, 7) is 0.974. The number of methoxy groups -OCH3 is 1. The van der Waals surface area contributed by atoms with Crippen molar-refractivity contribution in [3.8, 4) is 0 Å². The van der Waals surface area contributed by atoms with E-state index in [0.717, 1.165) is 0 Å². The van der Waals surface area contributed by atoms with Crippen LogP contribution in [0.3, 0.4) is 0 Å². The summed E-state index contributed by atoms with van der Waals surface area (Å²) in [7, 11) is 1.57. The van der Waals surface area contributed by atoms with Crippen LogP contribution in [0.15, 0.2) is 11.6 Å². The van der Waals surface area contributed by atoms with Gasteiger partial charge in [0.2, 0.25) is 0 Å². The molecule has 0 amide bonds. The fourth-order valence-corrected chi connectivity index (χ4v) is 1.67. The summed E-state index contributed by atoms with van der Waals surface area (Å²) in [6, 6.07) is -0.731. The second-order valence-electron chi connectivity index (χ2n) is 2.59. The zero-order valence-corrected chi connectivity index (χ0v) is 8.58. The van der Waals surface area contributed by atoms with Crippen LogP contribution in [-0.4, -0.2) is 36.3 Å². The van der Waals surface area contributed by atoms with Crippen LogP contribution in [0.2, 0.25) is 0 Å². The molecule has 2 N–H and O–H groups in total. The Bertz CT molecular complexity index is 276. The van der Waals surface area contributed by atoms with Crippen LogP contribution in [0.5, 0.6) is 0 Å². The molecule has 1 atom stereocenters. The Balaban J connectivity index is 2.52. The molecule has 0 aliphatic heterocycles. The lowest BCUT2D eigenvalue weighted by Gasteiger charge is -2.10. The zero-order valence-electron chi connectivity index (χ0n) is 7.77. The standard InChI is InChI=1S/C8H12N2O3S/c1-13-4-2-9-6(8(11)12)7-10-3-5-14-7/h3,5-6,9H,2,4H2,1H3,(H,11,12). The fourth-order valence-electron chi connectivity index (χ4n) is 0.963. The lowest BCUT2D eigenvalue weighted by Crippen LogP contribution is -2.30. The normalized spacial score (nSPS) is 12.6. The van der Waals surface area contributed by atoms with Crippen LogP contribution in [0, 0.1) is 0 Å². The van der Waals surface area contributed by atoms with Gasteiger partial charge in [0, 0.05) is 25.2 Å². The van der Waals surface area contributed by atoms with E-state index >= 15 is 0 Å². The molecular weight excluding hydrogens is 204 g/mol. The molecule has 6 heteroatoms. The average Bonchev–Trinajstić information content (AvgIpc) is 2.64. The maximum atomic E-state index is 10.9. The lowest BCUT2D eigenvalue weighted by molar-refractivity contribution is -0.139. The molecule has 0 radical (unpaired) electrons. The van der Waals surface area contributed by atoms with E-state index in [4.69, 9.17) is 9.84 Å². The van der Waals surface area contributed by atoms with E-state index in [1.54, 1.807) is 18.7 Å². The molecule has 0 spiro atoms. The third-order valence-corrected chi connectivity index (χ3v) is 2.44. The van der Waals surface area contributed by atoms with Crippen molar-refractivity contribution in [3.05, 3.63) is 16.6 Å². The average molecular weight is 216 g/mol. The third-order valence-electron chi connectivity index (χ3n) is 1.60. The Hall–Kier alpha value is -0.980. The smallest absolute Gasteiger partial charge is 0.327 e. The van der Waals surface area contributed by atoms with Gasteiger partial charge >= 0.3 is 5.97 Å². The Morgan fingerprint density at radius 3 is 3.14 bits per heavy atom. The van der Waals surface area contributed by atoms with Crippen molar-refractivity contribution in [2.45, 2.75) is 6.04 Å². The number of rotatable bonds is 6. The van der Waals surface area contributed by atoms with Crippen LogP contribution >= 0.6 is 11.3 Å². The highest BCUT2D eigenvalue weighted by atomic mass is 32.1. The predicted molar refractivity (Wildman–Crippen MR) is 52.4 cm³/mol. The van der Waals surface area contributed by atoms with Crippen molar-refractivity contribution in [3.63, 3.8) is 0 Å². The molecule has 1 aromatic rings. The molecular formula is C8H12N2O3S. The van der Waals surface area contributed by atoms with Gasteiger partial charge in [0.1, 0.15) is 5.01 Å². The number of thiazole rings is 1. The molecule has 0 bridgehead atoms. The van der Waals surface area contributed by atoms with Crippen molar-refractivity contribution in [1.29, 1.82) is 0 Å². The molecule has 5 nitrogen and oxygen atoms in total. The first-order valence-corrected chi connectivity index (χ1v) is 4.98. The van der Waals surface area contributed by atoms with E-state index in [0.29, 0.717) is 18.2 Å². The summed E-state index contributed by atoms with van der Waals surface area (Å²) in [5, 5.41) is 14.1. The number of hydrogen-bond donors (Lipinski definition) is 2. The molecule has 1 aromatic heterocycles. The maximum Gasteiger partial charge on any atom is 0.327 e. The molecule has 1 unspecified atom stereocenters. The number of carbonyl (C=O) groups is 1. The molecule has 1 heterocycles. The van der Waals surface area contributed by atoms with Gasteiger partial charge < -0.3 is 9.84 Å². The molecule has 0 aromatic carbocycles. The number of nitrogens with zero attached hydrogens (tertiary/aromatic N) is 1. The van der Waals surface area contributed by atoms with Crippen LogP contribution < -0.4 is 5.32 Å². The van der Waals surface area contributed by atoms with E-state index in [2.05, 4.69) is 10.3 Å². The Morgan fingerprint density at radius 2 is 2.64 bits per heavy atom. The van der Waals surface area contributed by atoms with Gasteiger partial charge in [0.25, 0.3) is 0 Å². The first-order chi connectivity index (χ1) is 6.75. The van der Waals surface area contributed by atoms with Crippen molar-refractivity contribution in [2.75, 3.05) is 20.3 Å². The minimum absolute atomic E-state index is 0.481. The van der Waals surface area contributed by atoms with Crippen LogP contribution in [0.4, 0.5) is 0 Å². The Morgan fingerprint density at radius 1 is 1.86 bits per heavy atom. The van der Waals surface area contributed by atoms with Gasteiger partial charge in [-0.05, 0) is 0 Å². The monoisotopic (exact) mass is 216 g/mol. The molecule has 14 heavy (non-hydrogen) atoms. The number of carboxylic acids is 1. The first-order valence-electron chi connectivity index (χ1n) is 4.10. The van der Waals surface area contributed by atoms with Crippen molar-refractivity contribution >= 4 is 17.3 Å². The summed E-state index contributed by atoms with van der Waals surface area (Å²) in [6.07, 6.45) is 1.59. The van der Waals surface area contributed by atoms with Crippen LogP contribution in [-0.2, 0) is 9.53 Å². The minimum Gasteiger partial charge on any atom is -0.480 e. The molecule has 78 valence electrons. The van der Waals surface area contributed by atoms with E-state index in [-0.39, 0.29) is 0 Å². The van der Waals surface area contributed by atoms with Gasteiger partial charge in [-0.2, -0.15) is 0 Å². The lowest BCUT2D eigenvalue weighted by atomic mass is 10.3. The maximum absolute atomic E-state index is 10.9. The van der Waals surface area contributed by atoms with Gasteiger partial charge in [-0.3, -0.25) is 10.1 Å². The molecule has 0 fully saturated rings. The first kappa shape index (κ1) is 11.1. The highest BCUT2D eigenvalue weighted by molar-refractivity contribution is 7.09. The number of hydrogen-bond acceptors (Lipinski definition) is 5. The van der Waals surface area contributed by atoms with E-state index in [1.807, 2.05) is 0 Å². The van der Waals surface area contributed by atoms with Gasteiger partial charge in [0.15, 0.2) is 6.04 Å². The summed E-state index contributed by atoms with van der Waals surface area (Å²) >= 11 is 1.32. The summed E-state index contributed by atoms with van der Waals surface area (Å²) in [4.78, 5) is 14.8. The Kier molecular flexibility index (Phi) is 4.51. The summed E-state index contributed by atoms with van der Waals surface area (Å²) in [5.74, 6) is -0.920. The molecule has 0 saturated carbocycles. The van der Waals surface area contributed by atoms with Crippen molar-refractivity contribution < 1.29 is 14.6 Å². The molecule has 1 rings (SSSR count). The number of nitrogens with one attached hydrogen (secondary N) is 1. The van der Waals surface area contributed by atoms with Crippen molar-refractivity contribution in [1.82, 2.24) is 10.3 Å². The van der Waals surface area contributed by atoms with E-state index < -0.39 is 12.0 Å². The Labute approximate surface area is 85.7 Å². The van der Waals surface area contributed by atoms with Gasteiger partial charge in [0.05, 0.1) is 6.61 Å². The van der Waals surface area contributed by atoms with Crippen LogP contribution in [0.25, 0.3) is 0 Å². The highest BCUT2D eigenvalue weighted by Gasteiger charge is 2.20. The van der Waals surface area contributed by atoms with Gasteiger partial charge in [-0.25, -0.2) is 4.98 Å². The van der Waals surface area contributed by atoms with Crippen molar-refractivity contribution in [2.24, 2.45) is 0 Å². The second kappa shape index (κ2) is 5.69. The van der Waals surface area contributed by atoms with Gasteiger partial charge in [-0.1, -0.05) is 0 Å². The molecule has 0 aliphatic carbocycles. The summed E-state index contributed by atoms with van der Waals surface area (Å²) in [5.41, 5.74) is 0.